The fourth-order valence-corrected chi connectivity index (χ4v) is 8.57. The Morgan fingerprint density at radius 3 is 2.28 bits per heavy atom. The molecule has 5 aliphatic rings. The summed E-state index contributed by atoms with van der Waals surface area (Å²) in [6.45, 7) is 9.91. The first-order valence-corrected chi connectivity index (χ1v) is 13.3. The summed E-state index contributed by atoms with van der Waals surface area (Å²) < 4.78 is 11.8. The molecule has 0 radical (unpaired) electrons. The van der Waals surface area contributed by atoms with Gasteiger partial charge in [0.25, 0.3) is 0 Å². The summed E-state index contributed by atoms with van der Waals surface area (Å²) in [5, 5.41) is 70.6. The quantitative estimate of drug-likeness (QED) is 0.266. The molecule has 1 heterocycles. The Morgan fingerprint density at radius 1 is 0.972 bits per heavy atom. The van der Waals surface area contributed by atoms with E-state index in [-0.39, 0.29) is 17.3 Å². The molecule has 5 rings (SSSR count). The summed E-state index contributed by atoms with van der Waals surface area (Å²) in [6.07, 6.45) is -1.59. The zero-order chi connectivity index (χ0) is 26.8. The highest BCUT2D eigenvalue weighted by atomic mass is 16.7. The van der Waals surface area contributed by atoms with Crippen LogP contribution in [0.1, 0.15) is 65.7 Å². The lowest BCUT2D eigenvalue weighted by atomic mass is 9.63. The topological polar surface area (TPSA) is 160 Å². The first-order chi connectivity index (χ1) is 16.8. The average molecular weight is 515 g/mol. The fraction of sp³-hybridized carbons (Fsp3) is 0.926. The Bertz CT molecular complexity index is 828. The summed E-state index contributed by atoms with van der Waals surface area (Å²) in [6, 6.07) is 0. The van der Waals surface area contributed by atoms with E-state index >= 15 is 0 Å². The molecule has 4 saturated carbocycles. The summed E-state index contributed by atoms with van der Waals surface area (Å²) in [5.41, 5.74) is -1.42. The third kappa shape index (κ3) is 4.01. The van der Waals surface area contributed by atoms with Crippen LogP contribution in [0, 0.1) is 28.6 Å². The minimum absolute atomic E-state index is 0.0206. The maximum Gasteiger partial charge on any atom is 0.186 e. The van der Waals surface area contributed by atoms with E-state index in [2.05, 4.69) is 6.58 Å². The zero-order valence-electron chi connectivity index (χ0n) is 22.0. The second-order valence-corrected chi connectivity index (χ2v) is 12.8. The standard InChI is InChI=1S/C26H42O8.CH4O/c1-13-15-6-5-14-10-25(15,12-24(14,4)31)7-8-26(32)16(13)9-18(23(26,2)3)34-22-21(30)20(29)19(28)17(11-27)33-22;1-2/h14-22,27-32H,1,5-12H2,2-4H3;2H,1H3/t14-,15+,16-,17-,18+,19-,20+,21-,22+,24-,25+,26+;/m1./s1. The van der Waals surface area contributed by atoms with Crippen LogP contribution in [0.4, 0.5) is 0 Å². The van der Waals surface area contributed by atoms with Crippen LogP contribution >= 0.6 is 0 Å². The molecule has 9 nitrogen and oxygen atoms in total. The van der Waals surface area contributed by atoms with Gasteiger partial charge in [0, 0.05) is 18.4 Å². The summed E-state index contributed by atoms with van der Waals surface area (Å²) in [4.78, 5) is 0. The number of aliphatic hydroxyl groups excluding tert-OH is 5. The summed E-state index contributed by atoms with van der Waals surface area (Å²) in [7, 11) is 1.00. The van der Waals surface area contributed by atoms with Crippen LogP contribution in [0.5, 0.6) is 0 Å². The van der Waals surface area contributed by atoms with E-state index in [0.717, 1.165) is 44.8 Å². The maximum absolute atomic E-state index is 12.2. The third-order valence-electron chi connectivity index (χ3n) is 10.8. The molecule has 2 bridgehead atoms. The predicted molar refractivity (Wildman–Crippen MR) is 130 cm³/mol. The van der Waals surface area contributed by atoms with Crippen LogP contribution in [-0.2, 0) is 9.47 Å². The second kappa shape index (κ2) is 9.54. The Morgan fingerprint density at radius 2 is 1.64 bits per heavy atom. The highest BCUT2D eigenvalue weighted by molar-refractivity contribution is 5.28. The van der Waals surface area contributed by atoms with Crippen molar-refractivity contribution in [2.24, 2.45) is 28.6 Å². The van der Waals surface area contributed by atoms with E-state index in [4.69, 9.17) is 14.6 Å². The van der Waals surface area contributed by atoms with Gasteiger partial charge in [0.1, 0.15) is 24.4 Å². The molecule has 0 amide bonds. The number of hydrogen-bond donors (Lipinski definition) is 7. The maximum atomic E-state index is 12.2. The van der Waals surface area contributed by atoms with Crippen LogP contribution < -0.4 is 0 Å². The van der Waals surface area contributed by atoms with Crippen molar-refractivity contribution >= 4 is 0 Å². The van der Waals surface area contributed by atoms with Gasteiger partial charge in [-0.2, -0.15) is 0 Å². The molecule has 0 aromatic rings. The Hall–Kier alpha value is -0.620. The second-order valence-electron chi connectivity index (χ2n) is 12.8. The van der Waals surface area contributed by atoms with Crippen LogP contribution in [0.3, 0.4) is 0 Å². The molecule has 0 unspecified atom stereocenters. The highest BCUT2D eigenvalue weighted by Crippen LogP contribution is 2.69. The van der Waals surface area contributed by atoms with Crippen molar-refractivity contribution in [3.8, 4) is 0 Å². The van der Waals surface area contributed by atoms with Crippen molar-refractivity contribution in [3.63, 3.8) is 0 Å². The molecule has 208 valence electrons. The normalized spacial score (nSPS) is 53.6. The summed E-state index contributed by atoms with van der Waals surface area (Å²) in [5.74, 6) is 0.363. The van der Waals surface area contributed by atoms with Crippen molar-refractivity contribution in [2.75, 3.05) is 13.7 Å². The van der Waals surface area contributed by atoms with Gasteiger partial charge in [-0.25, -0.2) is 0 Å². The molecule has 4 aliphatic carbocycles. The van der Waals surface area contributed by atoms with Crippen molar-refractivity contribution in [1.82, 2.24) is 0 Å². The van der Waals surface area contributed by atoms with Crippen molar-refractivity contribution in [3.05, 3.63) is 12.2 Å². The van der Waals surface area contributed by atoms with Gasteiger partial charge in [-0.3, -0.25) is 0 Å². The highest BCUT2D eigenvalue weighted by Gasteiger charge is 2.67. The van der Waals surface area contributed by atoms with Gasteiger partial charge in [-0.1, -0.05) is 26.0 Å². The summed E-state index contributed by atoms with van der Waals surface area (Å²) >= 11 is 0. The monoisotopic (exact) mass is 514 g/mol. The molecule has 0 aromatic heterocycles. The molecule has 36 heavy (non-hydrogen) atoms. The number of rotatable bonds is 3. The van der Waals surface area contributed by atoms with Gasteiger partial charge >= 0.3 is 0 Å². The smallest absolute Gasteiger partial charge is 0.186 e. The van der Waals surface area contributed by atoms with E-state index in [0.29, 0.717) is 18.8 Å². The van der Waals surface area contributed by atoms with E-state index in [1.54, 1.807) is 0 Å². The van der Waals surface area contributed by atoms with Crippen LogP contribution in [0.2, 0.25) is 0 Å². The molecule has 0 aromatic carbocycles. The number of aliphatic hydroxyl groups is 7. The van der Waals surface area contributed by atoms with Crippen LogP contribution in [-0.4, -0.2) is 97.5 Å². The fourth-order valence-electron chi connectivity index (χ4n) is 8.57. The first-order valence-electron chi connectivity index (χ1n) is 13.3. The van der Waals surface area contributed by atoms with Gasteiger partial charge < -0.3 is 45.2 Å². The Labute approximate surface area is 213 Å². The van der Waals surface area contributed by atoms with E-state index in [1.807, 2.05) is 20.8 Å². The first kappa shape index (κ1) is 28.4. The van der Waals surface area contributed by atoms with Crippen molar-refractivity contribution in [2.45, 2.75) is 114 Å². The van der Waals surface area contributed by atoms with Gasteiger partial charge in [0.15, 0.2) is 6.29 Å². The largest absolute Gasteiger partial charge is 0.400 e. The Kier molecular flexibility index (Phi) is 7.52. The minimum atomic E-state index is -1.51. The van der Waals surface area contributed by atoms with Crippen LogP contribution in [0.25, 0.3) is 0 Å². The molecular formula is C27H46O9. The van der Waals surface area contributed by atoms with Gasteiger partial charge in [0.05, 0.1) is 23.9 Å². The molecule has 5 fully saturated rings. The Balaban J connectivity index is 0.00000148. The SMILES string of the molecule is C=C1[C@H]2C[C@H](O[C@@H]3O[C@H](CO)[C@@H](O)[C@H](O)[C@H]3O)C(C)(C)[C@]2(O)CC[C@@]23C[C@@H](CC[C@@H]12)[C@](C)(O)C3.CO. The number of fused-ring (bicyclic) bond motifs is 2. The lowest BCUT2D eigenvalue weighted by Gasteiger charge is -2.45. The van der Waals surface area contributed by atoms with Gasteiger partial charge in [-0.05, 0) is 69.1 Å². The molecule has 1 saturated heterocycles. The lowest BCUT2D eigenvalue weighted by molar-refractivity contribution is -0.319. The number of hydrogen-bond acceptors (Lipinski definition) is 9. The van der Waals surface area contributed by atoms with Crippen LogP contribution in [0.15, 0.2) is 12.2 Å². The molecule has 1 aliphatic heterocycles. The molecule has 12 atom stereocenters. The molecule has 9 heteroatoms. The lowest BCUT2D eigenvalue weighted by Crippen LogP contribution is -2.60. The third-order valence-corrected chi connectivity index (χ3v) is 10.8. The predicted octanol–water partition coefficient (Wildman–Crippen LogP) is 0.465. The van der Waals surface area contributed by atoms with E-state index < -0.39 is 60.0 Å². The van der Waals surface area contributed by atoms with Gasteiger partial charge in [0.2, 0.25) is 0 Å². The molecular weight excluding hydrogens is 468 g/mol. The van der Waals surface area contributed by atoms with Crippen molar-refractivity contribution < 1.29 is 45.2 Å². The van der Waals surface area contributed by atoms with E-state index in [9.17, 15) is 30.6 Å². The van der Waals surface area contributed by atoms with Gasteiger partial charge in [-0.15, -0.1) is 0 Å². The zero-order valence-corrected chi connectivity index (χ0v) is 22.0. The molecule has 7 N–H and O–H groups in total. The average Bonchev–Trinajstić information content (AvgIpc) is 3.12. The molecule has 1 spiro atoms. The van der Waals surface area contributed by atoms with Crippen molar-refractivity contribution in [1.29, 1.82) is 0 Å². The number of ether oxygens (including phenoxy) is 2. The van der Waals surface area contributed by atoms with E-state index in [1.165, 1.54) is 0 Å². The minimum Gasteiger partial charge on any atom is -0.400 e.